The van der Waals surface area contributed by atoms with Crippen LogP contribution in [-0.2, 0) is 0 Å². The van der Waals surface area contributed by atoms with Crippen LogP contribution in [0.3, 0.4) is 0 Å². The number of rotatable bonds is 3. The van der Waals surface area contributed by atoms with Crippen LogP contribution < -0.4 is 5.32 Å². The van der Waals surface area contributed by atoms with Gasteiger partial charge in [0.25, 0.3) is 5.91 Å². The molecule has 0 aliphatic heterocycles. The van der Waals surface area contributed by atoms with E-state index < -0.39 is 0 Å². The summed E-state index contributed by atoms with van der Waals surface area (Å²) in [7, 11) is 0. The summed E-state index contributed by atoms with van der Waals surface area (Å²) in [5.41, 5.74) is 0.327. The van der Waals surface area contributed by atoms with E-state index in [-0.39, 0.29) is 18.6 Å². The highest BCUT2D eigenvalue weighted by Gasteiger charge is 2.12. The molecule has 1 heterocycles. The monoisotopic (exact) mass is 258 g/mol. The van der Waals surface area contributed by atoms with Gasteiger partial charge in [-0.3, -0.25) is 4.79 Å². The number of aliphatic hydroxyl groups is 1. The molecule has 0 spiro atoms. The summed E-state index contributed by atoms with van der Waals surface area (Å²) in [6.45, 7) is 1.63. The smallest absolute Gasteiger partial charge is 0.271 e. The van der Waals surface area contributed by atoms with E-state index in [2.05, 4.69) is 26.2 Å². The van der Waals surface area contributed by atoms with Gasteiger partial charge >= 0.3 is 0 Å². The van der Waals surface area contributed by atoms with E-state index in [0.717, 1.165) is 0 Å². The SMILES string of the molecule is C[C@@H](CO)NC(=O)c1ncccc1Br. The third-order valence-electron chi connectivity index (χ3n) is 1.62. The van der Waals surface area contributed by atoms with Crippen LogP contribution >= 0.6 is 15.9 Å². The molecular formula is C9H11BrN2O2. The first-order valence-electron chi connectivity index (χ1n) is 4.17. The number of hydrogen-bond donors (Lipinski definition) is 2. The number of halogens is 1. The van der Waals surface area contributed by atoms with Gasteiger partial charge in [-0.2, -0.15) is 0 Å². The Morgan fingerprint density at radius 1 is 1.79 bits per heavy atom. The average Bonchev–Trinajstić information content (AvgIpc) is 2.18. The number of hydrogen-bond acceptors (Lipinski definition) is 3. The molecular weight excluding hydrogens is 248 g/mol. The molecule has 0 aromatic carbocycles. The number of carbonyl (C=O) groups excluding carboxylic acids is 1. The second kappa shape index (κ2) is 5.07. The summed E-state index contributed by atoms with van der Waals surface area (Å²) in [5.74, 6) is -0.293. The second-order valence-corrected chi connectivity index (χ2v) is 3.75. The highest BCUT2D eigenvalue weighted by molar-refractivity contribution is 9.10. The predicted octanol–water partition coefficient (Wildman–Crippen LogP) is 0.955. The van der Waals surface area contributed by atoms with Crippen LogP contribution in [-0.4, -0.2) is 28.6 Å². The molecule has 14 heavy (non-hydrogen) atoms. The Morgan fingerprint density at radius 2 is 2.50 bits per heavy atom. The molecule has 2 N–H and O–H groups in total. The van der Waals surface area contributed by atoms with Crippen molar-refractivity contribution in [1.29, 1.82) is 0 Å². The Balaban J connectivity index is 2.75. The largest absolute Gasteiger partial charge is 0.394 e. The molecule has 5 heteroatoms. The maximum Gasteiger partial charge on any atom is 0.271 e. The third-order valence-corrected chi connectivity index (χ3v) is 2.26. The normalized spacial score (nSPS) is 12.2. The Hall–Kier alpha value is -0.940. The van der Waals surface area contributed by atoms with Crippen LogP contribution in [0.5, 0.6) is 0 Å². The van der Waals surface area contributed by atoms with Crippen LogP contribution in [0.15, 0.2) is 22.8 Å². The molecule has 0 aliphatic carbocycles. The van der Waals surface area contributed by atoms with Gasteiger partial charge in [0, 0.05) is 16.7 Å². The molecule has 1 aromatic heterocycles. The van der Waals surface area contributed by atoms with Crippen LogP contribution in [0.4, 0.5) is 0 Å². The number of amides is 1. The number of nitrogens with zero attached hydrogens (tertiary/aromatic N) is 1. The third kappa shape index (κ3) is 2.78. The van der Waals surface area contributed by atoms with Gasteiger partial charge < -0.3 is 10.4 Å². The van der Waals surface area contributed by atoms with Gasteiger partial charge in [-0.05, 0) is 35.0 Å². The fraction of sp³-hybridized carbons (Fsp3) is 0.333. The summed E-state index contributed by atoms with van der Waals surface area (Å²) in [5, 5.41) is 11.4. The van der Waals surface area contributed by atoms with E-state index >= 15 is 0 Å². The molecule has 0 fully saturated rings. The number of carbonyl (C=O) groups is 1. The van der Waals surface area contributed by atoms with Crippen molar-refractivity contribution in [2.24, 2.45) is 0 Å². The molecule has 1 rings (SSSR count). The molecule has 0 saturated heterocycles. The molecule has 4 nitrogen and oxygen atoms in total. The van der Waals surface area contributed by atoms with Crippen LogP contribution in [0.2, 0.25) is 0 Å². The molecule has 0 saturated carbocycles. The van der Waals surface area contributed by atoms with Crippen molar-refractivity contribution in [1.82, 2.24) is 10.3 Å². The highest BCUT2D eigenvalue weighted by atomic mass is 79.9. The van der Waals surface area contributed by atoms with Gasteiger partial charge in [-0.1, -0.05) is 0 Å². The van der Waals surface area contributed by atoms with E-state index in [4.69, 9.17) is 5.11 Å². The standard InChI is InChI=1S/C9H11BrN2O2/c1-6(5-13)12-9(14)8-7(10)3-2-4-11-8/h2-4,6,13H,5H2,1H3,(H,12,14)/t6-/m0/s1. The minimum Gasteiger partial charge on any atom is -0.394 e. The molecule has 0 unspecified atom stereocenters. The minimum atomic E-state index is -0.293. The van der Waals surface area contributed by atoms with Crippen molar-refractivity contribution in [2.75, 3.05) is 6.61 Å². The molecule has 76 valence electrons. The van der Waals surface area contributed by atoms with E-state index in [1.807, 2.05) is 0 Å². The zero-order valence-corrected chi connectivity index (χ0v) is 9.28. The van der Waals surface area contributed by atoms with E-state index in [1.165, 1.54) is 0 Å². The predicted molar refractivity (Wildman–Crippen MR) is 56.0 cm³/mol. The van der Waals surface area contributed by atoms with Gasteiger partial charge in [-0.15, -0.1) is 0 Å². The second-order valence-electron chi connectivity index (χ2n) is 2.89. The van der Waals surface area contributed by atoms with E-state index in [9.17, 15) is 4.79 Å². The zero-order chi connectivity index (χ0) is 10.6. The molecule has 0 aliphatic rings. The summed E-state index contributed by atoms with van der Waals surface area (Å²) >= 11 is 3.22. The van der Waals surface area contributed by atoms with Gasteiger partial charge in [0.05, 0.1) is 6.61 Å². The summed E-state index contributed by atoms with van der Waals surface area (Å²) < 4.78 is 0.641. The average molecular weight is 259 g/mol. The van der Waals surface area contributed by atoms with Crippen LogP contribution in [0, 0.1) is 0 Å². The number of nitrogens with one attached hydrogen (secondary N) is 1. The highest BCUT2D eigenvalue weighted by Crippen LogP contribution is 2.12. The Bertz CT molecular complexity index is 330. The lowest BCUT2D eigenvalue weighted by molar-refractivity contribution is 0.0916. The molecule has 1 amide bonds. The maximum atomic E-state index is 11.5. The summed E-state index contributed by atoms with van der Waals surface area (Å²) in [4.78, 5) is 15.4. The number of aliphatic hydroxyl groups excluding tert-OH is 1. The summed E-state index contributed by atoms with van der Waals surface area (Å²) in [6.07, 6.45) is 1.54. The van der Waals surface area contributed by atoms with Crippen LogP contribution in [0.25, 0.3) is 0 Å². The van der Waals surface area contributed by atoms with Crippen molar-refractivity contribution in [3.63, 3.8) is 0 Å². The fourth-order valence-electron chi connectivity index (χ4n) is 0.891. The first-order valence-corrected chi connectivity index (χ1v) is 4.96. The van der Waals surface area contributed by atoms with Gasteiger partial charge in [0.1, 0.15) is 5.69 Å². The van der Waals surface area contributed by atoms with Crippen molar-refractivity contribution >= 4 is 21.8 Å². The fourth-order valence-corrected chi connectivity index (χ4v) is 1.33. The van der Waals surface area contributed by atoms with E-state index in [0.29, 0.717) is 10.2 Å². The molecule has 0 radical (unpaired) electrons. The lowest BCUT2D eigenvalue weighted by Crippen LogP contribution is -2.35. The minimum absolute atomic E-state index is 0.0871. The van der Waals surface area contributed by atoms with E-state index in [1.54, 1.807) is 25.3 Å². The first kappa shape index (κ1) is 11.1. The van der Waals surface area contributed by atoms with Gasteiger partial charge in [0.2, 0.25) is 0 Å². The van der Waals surface area contributed by atoms with Gasteiger partial charge in [-0.25, -0.2) is 4.98 Å². The quantitative estimate of drug-likeness (QED) is 0.849. The number of pyridine rings is 1. The lowest BCUT2D eigenvalue weighted by Gasteiger charge is -2.10. The van der Waals surface area contributed by atoms with Crippen molar-refractivity contribution in [3.05, 3.63) is 28.5 Å². The van der Waals surface area contributed by atoms with Crippen molar-refractivity contribution < 1.29 is 9.90 Å². The summed E-state index contributed by atoms with van der Waals surface area (Å²) in [6, 6.07) is 3.21. The first-order chi connectivity index (χ1) is 6.65. The molecule has 1 atom stereocenters. The van der Waals surface area contributed by atoms with Crippen molar-refractivity contribution in [3.8, 4) is 0 Å². The topological polar surface area (TPSA) is 62.2 Å². The Labute approximate surface area is 90.5 Å². The maximum absolute atomic E-state index is 11.5. The van der Waals surface area contributed by atoms with Gasteiger partial charge in [0.15, 0.2) is 0 Å². The Kier molecular flexibility index (Phi) is 4.03. The zero-order valence-electron chi connectivity index (χ0n) is 7.70. The molecule has 1 aromatic rings. The lowest BCUT2D eigenvalue weighted by atomic mass is 10.3. The molecule has 0 bridgehead atoms. The Morgan fingerprint density at radius 3 is 3.07 bits per heavy atom. The van der Waals surface area contributed by atoms with Crippen LogP contribution in [0.1, 0.15) is 17.4 Å². The number of aromatic nitrogens is 1. The van der Waals surface area contributed by atoms with Crippen molar-refractivity contribution in [2.45, 2.75) is 13.0 Å².